The molecule has 1 unspecified atom stereocenters. The summed E-state index contributed by atoms with van der Waals surface area (Å²) in [5, 5.41) is 3.47. The van der Waals surface area contributed by atoms with Crippen molar-refractivity contribution >= 4 is 31.9 Å². The average Bonchev–Trinajstić information content (AvgIpc) is 2.44. The van der Waals surface area contributed by atoms with Gasteiger partial charge in [0, 0.05) is 20.4 Å². The number of rotatable bonds is 4. The van der Waals surface area contributed by atoms with E-state index in [0.717, 1.165) is 8.95 Å². The molecule has 3 heteroatoms. The highest BCUT2D eigenvalue weighted by atomic mass is 79.9. The zero-order valence-corrected chi connectivity index (χ0v) is 15.1. The summed E-state index contributed by atoms with van der Waals surface area (Å²) in [6.07, 6.45) is 0. The summed E-state index contributed by atoms with van der Waals surface area (Å²) < 4.78 is 2.23. The summed E-state index contributed by atoms with van der Waals surface area (Å²) in [5.74, 6) is 0. The first-order valence-corrected chi connectivity index (χ1v) is 8.23. The molecule has 0 aliphatic heterocycles. The molecule has 20 heavy (non-hydrogen) atoms. The molecule has 0 saturated carbocycles. The third kappa shape index (κ3) is 3.16. The van der Waals surface area contributed by atoms with Crippen LogP contribution in [0, 0.1) is 0 Å². The first-order valence-electron chi connectivity index (χ1n) is 6.64. The van der Waals surface area contributed by atoms with Gasteiger partial charge in [-0.1, -0.05) is 76.0 Å². The molecule has 0 heterocycles. The van der Waals surface area contributed by atoms with Crippen molar-refractivity contribution in [3.63, 3.8) is 0 Å². The van der Waals surface area contributed by atoms with Gasteiger partial charge < -0.3 is 5.32 Å². The minimum Gasteiger partial charge on any atom is -0.312 e. The molecule has 1 nitrogen and oxygen atoms in total. The SMILES string of the molecule is CNC(c1cc(Br)ccc1Br)C(C)(C)c1ccccc1. The van der Waals surface area contributed by atoms with Gasteiger partial charge in [-0.05, 0) is 36.4 Å². The van der Waals surface area contributed by atoms with E-state index in [4.69, 9.17) is 0 Å². The van der Waals surface area contributed by atoms with Crippen LogP contribution in [0.2, 0.25) is 0 Å². The van der Waals surface area contributed by atoms with Gasteiger partial charge in [0.1, 0.15) is 0 Å². The minimum atomic E-state index is -0.0146. The van der Waals surface area contributed by atoms with Crippen LogP contribution in [0.4, 0.5) is 0 Å². The van der Waals surface area contributed by atoms with E-state index >= 15 is 0 Å². The minimum absolute atomic E-state index is 0.0146. The van der Waals surface area contributed by atoms with Crippen molar-refractivity contribution in [2.45, 2.75) is 25.3 Å². The second-order valence-corrected chi connectivity index (χ2v) is 7.25. The summed E-state index contributed by atoms with van der Waals surface area (Å²) >= 11 is 7.24. The first-order chi connectivity index (χ1) is 9.46. The molecule has 1 atom stereocenters. The molecular formula is C17H19Br2N. The maximum absolute atomic E-state index is 3.68. The fourth-order valence-electron chi connectivity index (χ4n) is 2.68. The topological polar surface area (TPSA) is 12.0 Å². The zero-order valence-electron chi connectivity index (χ0n) is 12.0. The van der Waals surface area contributed by atoms with Gasteiger partial charge in [0.05, 0.1) is 0 Å². The van der Waals surface area contributed by atoms with E-state index in [1.807, 2.05) is 7.05 Å². The quantitative estimate of drug-likeness (QED) is 0.724. The van der Waals surface area contributed by atoms with Crippen LogP contribution in [-0.2, 0) is 5.41 Å². The smallest absolute Gasteiger partial charge is 0.0422 e. The van der Waals surface area contributed by atoms with Crippen LogP contribution in [0.3, 0.4) is 0 Å². The zero-order chi connectivity index (χ0) is 14.8. The van der Waals surface area contributed by atoms with Gasteiger partial charge in [-0.25, -0.2) is 0 Å². The van der Waals surface area contributed by atoms with Crippen LogP contribution in [0.1, 0.15) is 31.0 Å². The molecule has 1 N–H and O–H groups in total. The summed E-state index contributed by atoms with van der Waals surface area (Å²) in [6, 6.07) is 17.2. The monoisotopic (exact) mass is 395 g/mol. The normalized spacial score (nSPS) is 13.2. The van der Waals surface area contributed by atoms with Gasteiger partial charge in [0.25, 0.3) is 0 Å². The Balaban J connectivity index is 2.49. The van der Waals surface area contributed by atoms with E-state index in [0.29, 0.717) is 0 Å². The fraction of sp³-hybridized carbons (Fsp3) is 0.294. The first kappa shape index (κ1) is 15.7. The van der Waals surface area contributed by atoms with E-state index in [1.54, 1.807) is 0 Å². The highest BCUT2D eigenvalue weighted by molar-refractivity contribution is 9.11. The molecule has 0 aliphatic carbocycles. The average molecular weight is 397 g/mol. The van der Waals surface area contributed by atoms with E-state index in [2.05, 4.69) is 99.6 Å². The van der Waals surface area contributed by atoms with E-state index < -0.39 is 0 Å². The second kappa shape index (κ2) is 6.42. The number of halogens is 2. The Kier molecular flexibility index (Phi) is 5.05. The fourth-order valence-corrected chi connectivity index (χ4v) is 3.53. The van der Waals surface area contributed by atoms with E-state index in [9.17, 15) is 0 Å². The molecule has 2 aromatic carbocycles. The lowest BCUT2D eigenvalue weighted by atomic mass is 9.75. The molecule has 0 aromatic heterocycles. The molecule has 0 radical (unpaired) electrons. The van der Waals surface area contributed by atoms with Crippen LogP contribution >= 0.6 is 31.9 Å². The van der Waals surface area contributed by atoms with Gasteiger partial charge in [0.2, 0.25) is 0 Å². The van der Waals surface area contributed by atoms with Crippen molar-refractivity contribution in [3.05, 3.63) is 68.6 Å². The molecule has 0 amide bonds. The third-order valence-corrected chi connectivity index (χ3v) is 5.01. The number of hydrogen-bond donors (Lipinski definition) is 1. The maximum Gasteiger partial charge on any atom is 0.0422 e. The summed E-state index contributed by atoms with van der Waals surface area (Å²) in [5.41, 5.74) is 2.57. The Bertz CT molecular complexity index is 579. The number of nitrogens with one attached hydrogen (secondary N) is 1. The van der Waals surface area contributed by atoms with Gasteiger partial charge >= 0.3 is 0 Å². The van der Waals surface area contributed by atoms with Gasteiger partial charge in [-0.15, -0.1) is 0 Å². The van der Waals surface area contributed by atoms with Crippen molar-refractivity contribution < 1.29 is 0 Å². The van der Waals surface area contributed by atoms with Crippen LogP contribution in [0.5, 0.6) is 0 Å². The summed E-state index contributed by atoms with van der Waals surface area (Å²) in [7, 11) is 2.02. The molecule has 2 rings (SSSR count). The van der Waals surface area contributed by atoms with Gasteiger partial charge in [0.15, 0.2) is 0 Å². The second-order valence-electron chi connectivity index (χ2n) is 5.48. The molecule has 0 saturated heterocycles. The van der Waals surface area contributed by atoms with Crippen molar-refractivity contribution in [1.82, 2.24) is 5.32 Å². The van der Waals surface area contributed by atoms with Crippen molar-refractivity contribution in [2.75, 3.05) is 7.05 Å². The number of benzene rings is 2. The van der Waals surface area contributed by atoms with E-state index in [1.165, 1.54) is 11.1 Å². The Morgan fingerprint density at radius 3 is 2.25 bits per heavy atom. The predicted octanol–water partition coefficient (Wildman–Crippen LogP) is 5.45. The Morgan fingerprint density at radius 1 is 1.00 bits per heavy atom. The van der Waals surface area contributed by atoms with E-state index in [-0.39, 0.29) is 11.5 Å². The summed E-state index contributed by atoms with van der Waals surface area (Å²) in [4.78, 5) is 0. The Labute approximate surface area is 138 Å². The van der Waals surface area contributed by atoms with Gasteiger partial charge in [-0.2, -0.15) is 0 Å². The Morgan fingerprint density at radius 2 is 1.65 bits per heavy atom. The molecule has 0 bridgehead atoms. The standard InChI is InChI=1S/C17H19Br2N/c1-17(2,12-7-5-4-6-8-12)16(20-3)14-11-13(18)9-10-15(14)19/h4-11,16,20H,1-3H3. The van der Waals surface area contributed by atoms with Crippen molar-refractivity contribution in [2.24, 2.45) is 0 Å². The lowest BCUT2D eigenvalue weighted by molar-refractivity contribution is 0.367. The highest BCUT2D eigenvalue weighted by Gasteiger charge is 2.32. The Hall–Kier alpha value is -0.640. The highest BCUT2D eigenvalue weighted by Crippen LogP contribution is 2.40. The van der Waals surface area contributed by atoms with Crippen LogP contribution in [0.25, 0.3) is 0 Å². The van der Waals surface area contributed by atoms with Crippen LogP contribution < -0.4 is 5.32 Å². The summed E-state index contributed by atoms with van der Waals surface area (Å²) in [6.45, 7) is 4.55. The van der Waals surface area contributed by atoms with Crippen LogP contribution in [-0.4, -0.2) is 7.05 Å². The molecule has 0 aliphatic rings. The maximum atomic E-state index is 3.68. The number of likely N-dealkylation sites (N-methyl/N-ethyl adjacent to an activating group) is 1. The number of hydrogen-bond acceptors (Lipinski definition) is 1. The lowest BCUT2D eigenvalue weighted by Gasteiger charge is -2.36. The molecule has 0 spiro atoms. The molecule has 2 aromatic rings. The molecule has 106 valence electrons. The van der Waals surface area contributed by atoms with Gasteiger partial charge in [-0.3, -0.25) is 0 Å². The van der Waals surface area contributed by atoms with Crippen LogP contribution in [0.15, 0.2) is 57.5 Å². The van der Waals surface area contributed by atoms with Crippen molar-refractivity contribution in [3.8, 4) is 0 Å². The molecular weight excluding hydrogens is 378 g/mol. The lowest BCUT2D eigenvalue weighted by Crippen LogP contribution is -2.35. The molecule has 0 fully saturated rings. The third-order valence-electron chi connectivity index (χ3n) is 3.80. The van der Waals surface area contributed by atoms with Crippen molar-refractivity contribution in [1.29, 1.82) is 0 Å². The predicted molar refractivity (Wildman–Crippen MR) is 93.1 cm³/mol. The largest absolute Gasteiger partial charge is 0.312 e.